The second kappa shape index (κ2) is 5.40. The smallest absolute Gasteiger partial charge is 0.202 e. The summed E-state index contributed by atoms with van der Waals surface area (Å²) in [6.45, 7) is 0. The van der Waals surface area contributed by atoms with Gasteiger partial charge in [0.25, 0.3) is 0 Å². The Morgan fingerprint density at radius 2 is 1.57 bits per heavy atom. The number of rotatable bonds is 3. The van der Waals surface area contributed by atoms with Crippen LogP contribution in [0.3, 0.4) is 0 Å². The standard InChI is InChI=1S/C17H12N2O2S2/c20-23(21,11-16-18-14-7-3-4-8-15(14)22-16)17-10-9-12-5-1-2-6-13(12)19-17/h1-10H,11H2. The lowest BCUT2D eigenvalue weighted by Crippen LogP contribution is -2.07. The molecule has 0 atom stereocenters. The van der Waals surface area contributed by atoms with E-state index < -0.39 is 9.84 Å². The number of fused-ring (bicyclic) bond motifs is 2. The average Bonchev–Trinajstić information content (AvgIpc) is 2.95. The summed E-state index contributed by atoms with van der Waals surface area (Å²) in [6, 6.07) is 18.5. The number of benzene rings is 2. The minimum atomic E-state index is -3.52. The summed E-state index contributed by atoms with van der Waals surface area (Å²) in [6.07, 6.45) is 0. The van der Waals surface area contributed by atoms with Crippen molar-refractivity contribution >= 4 is 42.3 Å². The van der Waals surface area contributed by atoms with Gasteiger partial charge in [0.05, 0.1) is 15.7 Å². The molecule has 2 aromatic heterocycles. The summed E-state index contributed by atoms with van der Waals surface area (Å²) in [5, 5.41) is 1.60. The van der Waals surface area contributed by atoms with Gasteiger partial charge in [0, 0.05) is 5.39 Å². The molecule has 4 aromatic rings. The number of para-hydroxylation sites is 2. The molecule has 0 aliphatic rings. The molecule has 0 fully saturated rings. The lowest BCUT2D eigenvalue weighted by molar-refractivity contribution is 0.592. The predicted octanol–water partition coefficient (Wildman–Crippen LogP) is 3.82. The van der Waals surface area contributed by atoms with Crippen LogP contribution in [0.1, 0.15) is 5.01 Å². The van der Waals surface area contributed by atoms with Crippen molar-refractivity contribution in [3.8, 4) is 0 Å². The van der Waals surface area contributed by atoms with Gasteiger partial charge in [-0.05, 0) is 30.3 Å². The van der Waals surface area contributed by atoms with Crippen molar-refractivity contribution in [3.05, 3.63) is 65.7 Å². The van der Waals surface area contributed by atoms with E-state index >= 15 is 0 Å². The molecule has 4 rings (SSSR count). The van der Waals surface area contributed by atoms with Crippen LogP contribution in [0.5, 0.6) is 0 Å². The van der Waals surface area contributed by atoms with Crippen molar-refractivity contribution in [1.29, 1.82) is 0 Å². The molecule has 0 aliphatic heterocycles. The summed E-state index contributed by atoms with van der Waals surface area (Å²) in [4.78, 5) is 8.68. The minimum Gasteiger partial charge on any atom is -0.240 e. The van der Waals surface area contributed by atoms with E-state index in [9.17, 15) is 8.42 Å². The van der Waals surface area contributed by atoms with E-state index in [1.54, 1.807) is 12.1 Å². The summed E-state index contributed by atoms with van der Waals surface area (Å²) in [5.41, 5.74) is 1.51. The Bertz CT molecular complexity index is 1080. The Labute approximate surface area is 137 Å². The normalized spacial score (nSPS) is 12.0. The number of hydrogen-bond acceptors (Lipinski definition) is 5. The quantitative estimate of drug-likeness (QED) is 0.569. The molecule has 0 bridgehead atoms. The molecule has 0 saturated heterocycles. The summed E-state index contributed by atoms with van der Waals surface area (Å²) >= 11 is 1.40. The molecule has 0 saturated carbocycles. The predicted molar refractivity (Wildman–Crippen MR) is 92.3 cm³/mol. The van der Waals surface area contributed by atoms with Crippen LogP contribution in [0.25, 0.3) is 21.1 Å². The topological polar surface area (TPSA) is 59.9 Å². The first-order chi connectivity index (χ1) is 11.1. The highest BCUT2D eigenvalue weighted by Crippen LogP contribution is 2.25. The van der Waals surface area contributed by atoms with Gasteiger partial charge in [-0.1, -0.05) is 30.3 Å². The van der Waals surface area contributed by atoms with Crippen LogP contribution < -0.4 is 0 Å². The second-order valence-electron chi connectivity index (χ2n) is 5.18. The number of nitrogens with zero attached hydrogens (tertiary/aromatic N) is 2. The van der Waals surface area contributed by atoms with Gasteiger partial charge >= 0.3 is 0 Å². The van der Waals surface area contributed by atoms with Crippen LogP contribution in [-0.2, 0) is 15.6 Å². The van der Waals surface area contributed by atoms with Crippen molar-refractivity contribution < 1.29 is 8.42 Å². The Morgan fingerprint density at radius 1 is 0.826 bits per heavy atom. The molecule has 23 heavy (non-hydrogen) atoms. The Kier molecular flexibility index (Phi) is 3.36. The van der Waals surface area contributed by atoms with Crippen molar-refractivity contribution in [3.63, 3.8) is 0 Å². The molecule has 2 aromatic carbocycles. The highest BCUT2D eigenvalue weighted by atomic mass is 32.2. The maximum atomic E-state index is 12.6. The van der Waals surface area contributed by atoms with Gasteiger partial charge in [0.1, 0.15) is 10.8 Å². The van der Waals surface area contributed by atoms with Crippen LogP contribution in [0, 0.1) is 0 Å². The lowest BCUT2D eigenvalue weighted by Gasteiger charge is -2.03. The zero-order valence-corrected chi connectivity index (χ0v) is 13.6. The maximum absolute atomic E-state index is 12.6. The molecule has 0 amide bonds. The molecule has 114 valence electrons. The van der Waals surface area contributed by atoms with Crippen molar-refractivity contribution in [2.24, 2.45) is 0 Å². The van der Waals surface area contributed by atoms with E-state index in [2.05, 4.69) is 9.97 Å². The fourth-order valence-corrected chi connectivity index (χ4v) is 4.95. The first-order valence-electron chi connectivity index (χ1n) is 7.05. The van der Waals surface area contributed by atoms with Crippen LogP contribution in [0.15, 0.2) is 65.7 Å². The molecular weight excluding hydrogens is 328 g/mol. The first kappa shape index (κ1) is 14.3. The maximum Gasteiger partial charge on any atom is 0.202 e. The summed E-state index contributed by atoms with van der Waals surface area (Å²) < 4.78 is 26.2. The monoisotopic (exact) mass is 340 g/mol. The number of sulfone groups is 1. The van der Waals surface area contributed by atoms with Gasteiger partial charge in [-0.3, -0.25) is 0 Å². The van der Waals surface area contributed by atoms with Gasteiger partial charge in [-0.2, -0.15) is 0 Å². The molecule has 0 unspecified atom stereocenters. The molecule has 2 heterocycles. The second-order valence-corrected chi connectivity index (χ2v) is 8.23. The zero-order valence-electron chi connectivity index (χ0n) is 12.0. The number of aromatic nitrogens is 2. The van der Waals surface area contributed by atoms with Crippen molar-refractivity contribution in [2.75, 3.05) is 0 Å². The van der Waals surface area contributed by atoms with Crippen LogP contribution in [0.4, 0.5) is 0 Å². The number of thiazole rings is 1. The summed E-state index contributed by atoms with van der Waals surface area (Å²) in [5.74, 6) is -0.127. The molecule has 0 spiro atoms. The van der Waals surface area contributed by atoms with E-state index in [1.807, 2.05) is 48.5 Å². The number of hydrogen-bond donors (Lipinski definition) is 0. The van der Waals surface area contributed by atoms with Gasteiger partial charge in [-0.15, -0.1) is 11.3 Å². The van der Waals surface area contributed by atoms with Crippen LogP contribution in [0.2, 0.25) is 0 Å². The van der Waals surface area contributed by atoms with Gasteiger partial charge < -0.3 is 0 Å². The molecule has 0 radical (unpaired) electrons. The molecule has 0 N–H and O–H groups in total. The molecule has 4 nitrogen and oxygen atoms in total. The third-order valence-corrected chi connectivity index (χ3v) is 6.28. The van der Waals surface area contributed by atoms with Crippen molar-refractivity contribution in [2.45, 2.75) is 10.8 Å². The fourth-order valence-electron chi connectivity index (χ4n) is 2.44. The largest absolute Gasteiger partial charge is 0.240 e. The zero-order chi connectivity index (χ0) is 15.9. The SMILES string of the molecule is O=S(=O)(Cc1nc2ccccc2s1)c1ccc2ccccc2n1. The van der Waals surface area contributed by atoms with E-state index in [0.29, 0.717) is 10.5 Å². The minimum absolute atomic E-state index is 0.0930. The Hall–Kier alpha value is -2.31. The molecule has 6 heteroatoms. The van der Waals surface area contributed by atoms with E-state index in [4.69, 9.17) is 0 Å². The third kappa shape index (κ3) is 2.71. The third-order valence-electron chi connectivity index (χ3n) is 3.54. The number of pyridine rings is 1. The van der Waals surface area contributed by atoms with Crippen molar-refractivity contribution in [1.82, 2.24) is 9.97 Å². The van der Waals surface area contributed by atoms with Crippen LogP contribution >= 0.6 is 11.3 Å². The highest BCUT2D eigenvalue weighted by Gasteiger charge is 2.19. The first-order valence-corrected chi connectivity index (χ1v) is 9.52. The van der Waals surface area contributed by atoms with Gasteiger partial charge in [0.15, 0.2) is 5.03 Å². The van der Waals surface area contributed by atoms with Gasteiger partial charge in [0.2, 0.25) is 9.84 Å². The van der Waals surface area contributed by atoms with E-state index in [0.717, 1.165) is 15.6 Å². The summed E-state index contributed by atoms with van der Waals surface area (Å²) in [7, 11) is -3.52. The molecular formula is C17H12N2O2S2. The lowest BCUT2D eigenvalue weighted by atomic mass is 10.2. The molecule has 0 aliphatic carbocycles. The highest BCUT2D eigenvalue weighted by molar-refractivity contribution is 7.90. The van der Waals surface area contributed by atoms with Gasteiger partial charge in [-0.25, -0.2) is 18.4 Å². The Balaban J connectivity index is 1.73. The van der Waals surface area contributed by atoms with E-state index in [1.165, 1.54) is 11.3 Å². The van der Waals surface area contributed by atoms with E-state index in [-0.39, 0.29) is 10.8 Å². The van der Waals surface area contributed by atoms with Crippen LogP contribution in [-0.4, -0.2) is 18.4 Å². The fraction of sp³-hybridized carbons (Fsp3) is 0.0588. The Morgan fingerprint density at radius 3 is 2.39 bits per heavy atom. The average molecular weight is 340 g/mol.